The van der Waals surface area contributed by atoms with Crippen molar-refractivity contribution >= 4 is 17.9 Å². The topological polar surface area (TPSA) is 76.1 Å². The zero-order valence-electron chi connectivity index (χ0n) is 10.6. The van der Waals surface area contributed by atoms with Crippen molar-refractivity contribution in [3.63, 3.8) is 0 Å². The van der Waals surface area contributed by atoms with Crippen molar-refractivity contribution in [3.8, 4) is 11.5 Å². The first-order valence-corrected chi connectivity index (χ1v) is 5.92. The highest BCUT2D eigenvalue weighted by Gasteiger charge is 2.28. The van der Waals surface area contributed by atoms with E-state index in [1.165, 1.54) is 12.0 Å². The number of benzene rings is 1. The Labute approximate surface area is 110 Å². The van der Waals surface area contributed by atoms with Gasteiger partial charge >= 0.3 is 0 Å². The second-order valence-corrected chi connectivity index (χ2v) is 4.10. The number of hydrogen-bond donors (Lipinski definition) is 1. The zero-order chi connectivity index (χ0) is 13.8. The molecule has 0 spiro atoms. The third-order valence-electron chi connectivity index (χ3n) is 2.89. The van der Waals surface area contributed by atoms with Gasteiger partial charge in [-0.1, -0.05) is 0 Å². The van der Waals surface area contributed by atoms with Crippen molar-refractivity contribution in [2.24, 2.45) is 0 Å². The van der Waals surface area contributed by atoms with E-state index >= 15 is 0 Å². The highest BCUT2D eigenvalue weighted by Crippen LogP contribution is 2.41. The molecule has 0 aliphatic carbocycles. The standard InChI is InChI=1S/C13H15NO5/c1-18-11-6-9(7-16)5-10-13(11)19-8-12(17)14(10)3-2-4-15/h5-7,15H,2-4,8H2,1H3. The first-order chi connectivity index (χ1) is 9.21. The first kappa shape index (κ1) is 13.4. The number of nitrogens with zero attached hydrogens (tertiary/aromatic N) is 1. The summed E-state index contributed by atoms with van der Waals surface area (Å²) in [6.07, 6.45) is 1.14. The number of amides is 1. The lowest BCUT2D eigenvalue weighted by Gasteiger charge is -2.30. The van der Waals surface area contributed by atoms with Crippen LogP contribution >= 0.6 is 0 Å². The maximum absolute atomic E-state index is 11.9. The van der Waals surface area contributed by atoms with Crippen LogP contribution in [0.1, 0.15) is 16.8 Å². The number of aliphatic hydroxyl groups is 1. The smallest absolute Gasteiger partial charge is 0.265 e. The number of aliphatic hydroxyl groups excluding tert-OH is 1. The molecule has 0 bridgehead atoms. The van der Waals surface area contributed by atoms with Gasteiger partial charge in [-0.15, -0.1) is 0 Å². The van der Waals surface area contributed by atoms with Gasteiger partial charge in [-0.3, -0.25) is 9.59 Å². The highest BCUT2D eigenvalue weighted by molar-refractivity contribution is 5.99. The number of aldehydes is 1. The summed E-state index contributed by atoms with van der Waals surface area (Å²) >= 11 is 0. The third-order valence-corrected chi connectivity index (χ3v) is 2.89. The fourth-order valence-corrected chi connectivity index (χ4v) is 1.99. The van der Waals surface area contributed by atoms with E-state index in [9.17, 15) is 9.59 Å². The third kappa shape index (κ3) is 2.53. The van der Waals surface area contributed by atoms with Crippen LogP contribution in [0.3, 0.4) is 0 Å². The van der Waals surface area contributed by atoms with Crippen LogP contribution in [0.4, 0.5) is 5.69 Å². The van der Waals surface area contributed by atoms with Crippen molar-refractivity contribution in [3.05, 3.63) is 17.7 Å². The van der Waals surface area contributed by atoms with Gasteiger partial charge in [0.05, 0.1) is 12.8 Å². The van der Waals surface area contributed by atoms with Crippen LogP contribution in [0.25, 0.3) is 0 Å². The summed E-state index contributed by atoms with van der Waals surface area (Å²) in [5.74, 6) is 0.665. The number of methoxy groups -OCH3 is 1. The van der Waals surface area contributed by atoms with E-state index in [2.05, 4.69) is 0 Å². The molecule has 0 unspecified atom stereocenters. The summed E-state index contributed by atoms with van der Waals surface area (Å²) in [6, 6.07) is 3.14. The maximum Gasteiger partial charge on any atom is 0.265 e. The summed E-state index contributed by atoms with van der Waals surface area (Å²) in [5.41, 5.74) is 0.911. The molecule has 1 aliphatic heterocycles. The van der Waals surface area contributed by atoms with Gasteiger partial charge in [-0.25, -0.2) is 0 Å². The molecule has 102 valence electrons. The first-order valence-electron chi connectivity index (χ1n) is 5.92. The van der Waals surface area contributed by atoms with Crippen LogP contribution in [0.15, 0.2) is 12.1 Å². The predicted molar refractivity (Wildman–Crippen MR) is 67.9 cm³/mol. The molecular weight excluding hydrogens is 250 g/mol. The SMILES string of the molecule is COc1cc(C=O)cc2c1OCC(=O)N2CCCO. The summed E-state index contributed by atoms with van der Waals surface area (Å²) < 4.78 is 10.5. The largest absolute Gasteiger partial charge is 0.493 e. The van der Waals surface area contributed by atoms with Gasteiger partial charge in [-0.05, 0) is 18.6 Å². The van der Waals surface area contributed by atoms with E-state index < -0.39 is 0 Å². The summed E-state index contributed by atoms with van der Waals surface area (Å²) in [5, 5.41) is 8.88. The van der Waals surface area contributed by atoms with Crippen LogP contribution in [0.5, 0.6) is 11.5 Å². The predicted octanol–water partition coefficient (Wildman–Crippen LogP) is 0.615. The number of ether oxygens (including phenoxy) is 2. The molecule has 6 heteroatoms. The molecule has 0 atom stereocenters. The summed E-state index contributed by atoms with van der Waals surface area (Å²) in [4.78, 5) is 24.3. The molecule has 19 heavy (non-hydrogen) atoms. The van der Waals surface area contributed by atoms with E-state index in [-0.39, 0.29) is 19.1 Å². The molecule has 0 aromatic heterocycles. The molecule has 6 nitrogen and oxygen atoms in total. The van der Waals surface area contributed by atoms with Crippen LogP contribution in [0.2, 0.25) is 0 Å². The summed E-state index contributed by atoms with van der Waals surface area (Å²) in [6.45, 7) is 0.289. The zero-order valence-corrected chi connectivity index (χ0v) is 10.6. The van der Waals surface area contributed by atoms with Crippen LogP contribution < -0.4 is 14.4 Å². The average molecular weight is 265 g/mol. The molecular formula is C13H15NO5. The molecule has 1 amide bonds. The van der Waals surface area contributed by atoms with Crippen LogP contribution in [0, 0.1) is 0 Å². The number of hydrogen-bond acceptors (Lipinski definition) is 5. The molecule has 0 fully saturated rings. The molecule has 0 saturated heterocycles. The molecule has 1 aromatic carbocycles. The van der Waals surface area contributed by atoms with E-state index in [4.69, 9.17) is 14.6 Å². The fourth-order valence-electron chi connectivity index (χ4n) is 1.99. The minimum atomic E-state index is -0.203. The molecule has 0 saturated carbocycles. The molecule has 1 aromatic rings. The average Bonchev–Trinajstić information content (AvgIpc) is 2.44. The van der Waals surface area contributed by atoms with Gasteiger partial charge < -0.3 is 19.5 Å². The Bertz CT molecular complexity index is 500. The molecule has 2 rings (SSSR count). The normalized spacial score (nSPS) is 13.8. The van der Waals surface area contributed by atoms with Gasteiger partial charge in [-0.2, -0.15) is 0 Å². The minimum absolute atomic E-state index is 0.00945. The molecule has 1 heterocycles. The Morgan fingerprint density at radius 3 is 2.95 bits per heavy atom. The number of fused-ring (bicyclic) bond motifs is 1. The van der Waals surface area contributed by atoms with Gasteiger partial charge in [0, 0.05) is 18.7 Å². The Balaban J connectivity index is 2.46. The number of carbonyl (C=O) groups is 2. The lowest BCUT2D eigenvalue weighted by molar-refractivity contribution is -0.121. The second kappa shape index (κ2) is 5.71. The number of carbonyl (C=O) groups excluding carboxylic acids is 2. The maximum atomic E-state index is 11.9. The van der Waals surface area contributed by atoms with Crippen molar-refractivity contribution in [2.75, 3.05) is 31.8 Å². The number of anilines is 1. The Hall–Kier alpha value is -2.08. The van der Waals surface area contributed by atoms with E-state index in [0.717, 1.165) is 0 Å². The number of rotatable bonds is 5. The van der Waals surface area contributed by atoms with E-state index in [1.807, 2.05) is 0 Å². The molecule has 1 aliphatic rings. The van der Waals surface area contributed by atoms with Gasteiger partial charge in [0.25, 0.3) is 5.91 Å². The van der Waals surface area contributed by atoms with Crippen molar-refractivity contribution in [2.45, 2.75) is 6.42 Å². The molecule has 0 radical (unpaired) electrons. The Morgan fingerprint density at radius 1 is 1.53 bits per heavy atom. The van der Waals surface area contributed by atoms with Crippen LogP contribution in [-0.4, -0.2) is 44.2 Å². The lowest BCUT2D eigenvalue weighted by atomic mass is 10.1. The lowest BCUT2D eigenvalue weighted by Crippen LogP contribution is -2.39. The monoisotopic (exact) mass is 265 g/mol. The van der Waals surface area contributed by atoms with Gasteiger partial charge in [0.1, 0.15) is 6.29 Å². The second-order valence-electron chi connectivity index (χ2n) is 4.10. The van der Waals surface area contributed by atoms with E-state index in [0.29, 0.717) is 42.0 Å². The Morgan fingerprint density at radius 2 is 2.32 bits per heavy atom. The van der Waals surface area contributed by atoms with Crippen LogP contribution in [-0.2, 0) is 4.79 Å². The Kier molecular flexibility index (Phi) is 4.01. The van der Waals surface area contributed by atoms with Crippen molar-refractivity contribution in [1.82, 2.24) is 0 Å². The fraction of sp³-hybridized carbons (Fsp3) is 0.385. The quantitative estimate of drug-likeness (QED) is 0.790. The minimum Gasteiger partial charge on any atom is -0.493 e. The van der Waals surface area contributed by atoms with Crippen molar-refractivity contribution < 1.29 is 24.2 Å². The van der Waals surface area contributed by atoms with Crippen molar-refractivity contribution in [1.29, 1.82) is 0 Å². The van der Waals surface area contributed by atoms with Gasteiger partial charge in [0.2, 0.25) is 0 Å². The highest BCUT2D eigenvalue weighted by atomic mass is 16.5. The summed E-state index contributed by atoms with van der Waals surface area (Å²) in [7, 11) is 1.47. The van der Waals surface area contributed by atoms with E-state index in [1.54, 1.807) is 12.1 Å². The molecule has 1 N–H and O–H groups in total. The van der Waals surface area contributed by atoms with Gasteiger partial charge in [0.15, 0.2) is 18.1 Å².